The van der Waals surface area contributed by atoms with Crippen LogP contribution in [0.15, 0.2) is 48.7 Å². The van der Waals surface area contributed by atoms with Crippen LogP contribution in [0.2, 0.25) is 0 Å². The average molecular weight is 424 g/mol. The predicted molar refractivity (Wildman–Crippen MR) is 131 cm³/mol. The first-order valence-electron chi connectivity index (χ1n) is 11.6. The molecule has 5 heteroatoms. The molecule has 1 saturated heterocycles. The molecule has 2 aliphatic rings. The van der Waals surface area contributed by atoms with Crippen LogP contribution in [0.4, 0.5) is 5.82 Å². The van der Waals surface area contributed by atoms with Gasteiger partial charge in [-0.1, -0.05) is 12.1 Å². The van der Waals surface area contributed by atoms with Crippen LogP contribution >= 0.6 is 0 Å². The smallest absolute Gasteiger partial charge is 0.128 e. The topological polar surface area (TPSA) is 70.8 Å². The van der Waals surface area contributed by atoms with Crippen molar-refractivity contribution in [3.05, 3.63) is 65.6 Å². The number of fused-ring (bicyclic) bond motifs is 1. The zero-order valence-electron chi connectivity index (χ0n) is 18.7. The van der Waals surface area contributed by atoms with E-state index in [0.29, 0.717) is 5.92 Å². The van der Waals surface area contributed by atoms with Crippen molar-refractivity contribution in [1.82, 2.24) is 15.0 Å². The van der Waals surface area contributed by atoms with Crippen molar-refractivity contribution in [2.24, 2.45) is 5.73 Å². The van der Waals surface area contributed by atoms with Crippen LogP contribution in [0.25, 0.3) is 33.3 Å². The molecule has 32 heavy (non-hydrogen) atoms. The van der Waals surface area contributed by atoms with Crippen molar-refractivity contribution in [3.8, 4) is 22.4 Å². The van der Waals surface area contributed by atoms with Crippen LogP contribution in [-0.2, 0) is 0 Å². The van der Waals surface area contributed by atoms with E-state index in [4.69, 9.17) is 10.7 Å². The molecule has 3 aromatic heterocycles. The Morgan fingerprint density at radius 1 is 0.938 bits per heavy atom. The number of hydrogen-bond acceptors (Lipinski definition) is 4. The van der Waals surface area contributed by atoms with E-state index >= 15 is 0 Å². The van der Waals surface area contributed by atoms with Gasteiger partial charge in [-0.2, -0.15) is 0 Å². The molecule has 0 bridgehead atoms. The number of hydrogen-bond donors (Lipinski definition) is 2. The van der Waals surface area contributed by atoms with Gasteiger partial charge in [-0.05, 0) is 80.5 Å². The summed E-state index contributed by atoms with van der Waals surface area (Å²) in [6.45, 7) is 6.02. The van der Waals surface area contributed by atoms with E-state index in [2.05, 4.69) is 71.2 Å². The number of benzene rings is 1. The molecule has 162 valence electrons. The summed E-state index contributed by atoms with van der Waals surface area (Å²) < 4.78 is 0. The van der Waals surface area contributed by atoms with Gasteiger partial charge < -0.3 is 15.6 Å². The van der Waals surface area contributed by atoms with Gasteiger partial charge in [-0.15, -0.1) is 0 Å². The quantitative estimate of drug-likeness (QED) is 0.466. The third kappa shape index (κ3) is 3.47. The van der Waals surface area contributed by atoms with Crippen LogP contribution in [0.3, 0.4) is 0 Å². The van der Waals surface area contributed by atoms with Crippen LogP contribution in [0, 0.1) is 13.8 Å². The maximum absolute atomic E-state index is 6.06. The number of aryl methyl sites for hydroxylation is 2. The van der Waals surface area contributed by atoms with Gasteiger partial charge in [0.15, 0.2) is 0 Å². The predicted octanol–water partition coefficient (Wildman–Crippen LogP) is 5.32. The minimum atomic E-state index is 0.259. The Bertz CT molecular complexity index is 1280. The van der Waals surface area contributed by atoms with E-state index in [1.807, 2.05) is 6.20 Å². The van der Waals surface area contributed by atoms with Gasteiger partial charge in [-0.3, -0.25) is 4.98 Å². The number of nitrogens with zero attached hydrogens (tertiary/aromatic N) is 3. The molecule has 4 aromatic rings. The molecule has 1 saturated carbocycles. The molecule has 3 N–H and O–H groups in total. The summed E-state index contributed by atoms with van der Waals surface area (Å²) in [5.41, 5.74) is 15.7. The molecule has 1 aliphatic carbocycles. The van der Waals surface area contributed by atoms with Crippen molar-refractivity contribution in [3.63, 3.8) is 0 Å². The molecule has 1 atom stereocenters. The SMILES string of the molecule is Cc1cc(-c2[nH]c3cc(-c4ccc(N5CC[C@@H](N)C5)nc4)ccc3c2C2CC2)cc(C)n1. The molecule has 1 aromatic carbocycles. The first kappa shape index (κ1) is 19.5. The Morgan fingerprint density at radius 3 is 2.38 bits per heavy atom. The van der Waals surface area contributed by atoms with E-state index < -0.39 is 0 Å². The van der Waals surface area contributed by atoms with E-state index in [1.165, 1.54) is 46.1 Å². The standard InChI is InChI=1S/C27H29N5/c1-16-11-21(12-17(2)30-16)27-26(18-3-4-18)23-7-5-19(13-24(23)31-27)20-6-8-25(29-14-20)32-10-9-22(28)15-32/h5-8,11-14,18,22,31H,3-4,9-10,15,28H2,1-2H3/t22-/m1/s1. The zero-order chi connectivity index (χ0) is 21.8. The molecular formula is C27H29N5. The highest BCUT2D eigenvalue weighted by Crippen LogP contribution is 2.48. The first-order valence-corrected chi connectivity index (χ1v) is 11.6. The normalized spacial score (nSPS) is 18.6. The second-order valence-electron chi connectivity index (χ2n) is 9.49. The second-order valence-corrected chi connectivity index (χ2v) is 9.49. The zero-order valence-corrected chi connectivity index (χ0v) is 18.7. The first-order chi connectivity index (χ1) is 15.5. The molecule has 6 rings (SSSR count). The Hall–Kier alpha value is -3.18. The number of nitrogens with one attached hydrogen (secondary N) is 1. The van der Waals surface area contributed by atoms with Gasteiger partial charge in [0.1, 0.15) is 5.82 Å². The number of pyridine rings is 2. The maximum Gasteiger partial charge on any atom is 0.128 e. The fourth-order valence-electron chi connectivity index (χ4n) is 5.14. The lowest BCUT2D eigenvalue weighted by Crippen LogP contribution is -2.26. The molecule has 2 fully saturated rings. The van der Waals surface area contributed by atoms with Crippen molar-refractivity contribution >= 4 is 16.7 Å². The highest BCUT2D eigenvalue weighted by molar-refractivity contribution is 5.94. The number of aromatic nitrogens is 3. The number of nitrogens with two attached hydrogens (primary N) is 1. The lowest BCUT2D eigenvalue weighted by atomic mass is 9.99. The minimum absolute atomic E-state index is 0.259. The number of aromatic amines is 1. The summed E-state index contributed by atoms with van der Waals surface area (Å²) in [6, 6.07) is 15.7. The number of H-pyrrole nitrogens is 1. The molecule has 4 heterocycles. The lowest BCUT2D eigenvalue weighted by Gasteiger charge is -2.16. The Kier molecular flexibility index (Phi) is 4.54. The van der Waals surface area contributed by atoms with Gasteiger partial charge in [0.25, 0.3) is 0 Å². The van der Waals surface area contributed by atoms with Gasteiger partial charge in [0.05, 0.1) is 5.69 Å². The molecule has 0 amide bonds. The summed E-state index contributed by atoms with van der Waals surface area (Å²) in [5, 5.41) is 1.34. The van der Waals surface area contributed by atoms with E-state index in [9.17, 15) is 0 Å². The number of anilines is 1. The maximum atomic E-state index is 6.06. The molecule has 1 aliphatic heterocycles. The second kappa shape index (κ2) is 7.45. The fourth-order valence-corrected chi connectivity index (χ4v) is 5.14. The van der Waals surface area contributed by atoms with Crippen molar-refractivity contribution in [2.45, 2.75) is 45.1 Å². The molecule has 0 unspecified atom stereocenters. The summed E-state index contributed by atoms with van der Waals surface area (Å²) in [4.78, 5) is 15.3. The van der Waals surface area contributed by atoms with E-state index in [1.54, 1.807) is 0 Å². The van der Waals surface area contributed by atoms with Gasteiger partial charge >= 0.3 is 0 Å². The molecular weight excluding hydrogens is 394 g/mol. The Labute approximate surface area is 188 Å². The molecule has 0 spiro atoms. The summed E-state index contributed by atoms with van der Waals surface area (Å²) in [6.07, 6.45) is 5.57. The van der Waals surface area contributed by atoms with Crippen molar-refractivity contribution in [2.75, 3.05) is 18.0 Å². The largest absolute Gasteiger partial charge is 0.355 e. The third-order valence-electron chi connectivity index (χ3n) is 6.82. The Morgan fingerprint density at radius 2 is 1.72 bits per heavy atom. The lowest BCUT2D eigenvalue weighted by molar-refractivity contribution is 0.751. The molecule has 5 nitrogen and oxygen atoms in total. The van der Waals surface area contributed by atoms with Crippen molar-refractivity contribution < 1.29 is 0 Å². The average Bonchev–Trinajstić information content (AvgIpc) is 3.40. The van der Waals surface area contributed by atoms with Crippen LogP contribution < -0.4 is 10.6 Å². The van der Waals surface area contributed by atoms with Gasteiger partial charge in [-0.25, -0.2) is 4.98 Å². The summed E-state index contributed by atoms with van der Waals surface area (Å²) >= 11 is 0. The highest BCUT2D eigenvalue weighted by Gasteiger charge is 2.30. The summed E-state index contributed by atoms with van der Waals surface area (Å²) in [7, 11) is 0. The van der Waals surface area contributed by atoms with E-state index in [0.717, 1.165) is 42.3 Å². The van der Waals surface area contributed by atoms with Crippen LogP contribution in [-0.4, -0.2) is 34.1 Å². The third-order valence-corrected chi connectivity index (χ3v) is 6.82. The molecule has 0 radical (unpaired) electrons. The number of rotatable bonds is 4. The van der Waals surface area contributed by atoms with Crippen LogP contribution in [0.1, 0.15) is 42.1 Å². The minimum Gasteiger partial charge on any atom is -0.355 e. The highest BCUT2D eigenvalue weighted by atomic mass is 15.2. The van der Waals surface area contributed by atoms with Gasteiger partial charge in [0, 0.05) is 58.7 Å². The summed E-state index contributed by atoms with van der Waals surface area (Å²) in [5.74, 6) is 1.68. The van der Waals surface area contributed by atoms with Crippen molar-refractivity contribution in [1.29, 1.82) is 0 Å². The monoisotopic (exact) mass is 423 g/mol. The van der Waals surface area contributed by atoms with Crippen LogP contribution in [0.5, 0.6) is 0 Å². The van der Waals surface area contributed by atoms with Gasteiger partial charge in [0.2, 0.25) is 0 Å². The van der Waals surface area contributed by atoms with E-state index in [-0.39, 0.29) is 6.04 Å². The fraction of sp³-hybridized carbons (Fsp3) is 0.333. The Balaban J connectivity index is 1.39.